The number of benzene rings is 11. The molecule has 2 nitrogen and oxygen atoms in total. The van der Waals surface area contributed by atoms with Crippen LogP contribution in [-0.4, -0.2) is 0 Å². The van der Waals surface area contributed by atoms with Crippen molar-refractivity contribution < 1.29 is 4.42 Å². The van der Waals surface area contributed by atoms with Gasteiger partial charge in [0.05, 0.1) is 0 Å². The standard InChI is InChI=1S/C62H41NO/c1-4-14-42(15-5-1)45-24-26-48(27-25-45)50-40-58(61-59(41-50)60-56-22-12-10-20-54(56)55-21-11-13-23-57(55)62(60)64-61)49-32-38-53(39-33-49)63(51-34-28-46(29-35-51)43-16-6-2-7-17-43)52-36-30-47(31-37-52)44-18-8-3-9-19-44/h1-41H. The molecule has 12 aromatic rings. The van der Waals surface area contributed by atoms with Crippen molar-refractivity contribution in [3.63, 3.8) is 0 Å². The molecule has 0 aliphatic carbocycles. The van der Waals surface area contributed by atoms with Gasteiger partial charge in [0, 0.05) is 38.8 Å². The Labute approximate surface area is 372 Å². The van der Waals surface area contributed by atoms with E-state index in [9.17, 15) is 0 Å². The number of fused-ring (bicyclic) bond motifs is 8. The van der Waals surface area contributed by atoms with Crippen molar-refractivity contribution >= 4 is 60.5 Å². The highest BCUT2D eigenvalue weighted by molar-refractivity contribution is 6.31. The van der Waals surface area contributed by atoms with E-state index in [-0.39, 0.29) is 0 Å². The minimum atomic E-state index is 0.888. The summed E-state index contributed by atoms with van der Waals surface area (Å²) in [5.74, 6) is 0. The van der Waals surface area contributed by atoms with Crippen molar-refractivity contribution in [1.82, 2.24) is 0 Å². The van der Waals surface area contributed by atoms with Crippen molar-refractivity contribution in [3.8, 4) is 55.6 Å². The Morgan fingerprint density at radius 3 is 1.05 bits per heavy atom. The third-order valence-electron chi connectivity index (χ3n) is 12.7. The van der Waals surface area contributed by atoms with Crippen molar-refractivity contribution in [2.24, 2.45) is 0 Å². The molecule has 11 aromatic carbocycles. The predicted molar refractivity (Wildman–Crippen MR) is 271 cm³/mol. The molecule has 64 heavy (non-hydrogen) atoms. The Hall–Kier alpha value is -8.46. The predicted octanol–water partition coefficient (Wildman–Crippen LogP) is 17.7. The zero-order chi connectivity index (χ0) is 42.4. The van der Waals surface area contributed by atoms with Crippen LogP contribution in [0.5, 0.6) is 0 Å². The van der Waals surface area contributed by atoms with Crippen LogP contribution in [0.25, 0.3) is 99.1 Å². The summed E-state index contributed by atoms with van der Waals surface area (Å²) in [6, 6.07) is 89.4. The molecule has 0 fully saturated rings. The van der Waals surface area contributed by atoms with Gasteiger partial charge in [0.2, 0.25) is 0 Å². The Bertz CT molecular complexity index is 3510. The molecule has 0 amide bonds. The molecule has 0 radical (unpaired) electrons. The lowest BCUT2D eigenvalue weighted by Crippen LogP contribution is -2.09. The van der Waals surface area contributed by atoms with E-state index in [0.717, 1.165) is 66.6 Å². The van der Waals surface area contributed by atoms with Crippen molar-refractivity contribution in [1.29, 1.82) is 0 Å². The van der Waals surface area contributed by atoms with Crippen LogP contribution in [0.1, 0.15) is 0 Å². The molecule has 1 aromatic heterocycles. The second-order valence-corrected chi connectivity index (χ2v) is 16.4. The van der Waals surface area contributed by atoms with Crippen LogP contribution in [0, 0.1) is 0 Å². The number of hydrogen-bond donors (Lipinski definition) is 0. The lowest BCUT2D eigenvalue weighted by atomic mass is 9.92. The average Bonchev–Trinajstić information content (AvgIpc) is 3.78. The van der Waals surface area contributed by atoms with Crippen LogP contribution in [0.2, 0.25) is 0 Å². The van der Waals surface area contributed by atoms with Gasteiger partial charge >= 0.3 is 0 Å². The summed E-state index contributed by atoms with van der Waals surface area (Å²) in [6.07, 6.45) is 0. The number of hydrogen-bond acceptors (Lipinski definition) is 2. The summed E-state index contributed by atoms with van der Waals surface area (Å²) in [5, 5.41) is 6.99. The minimum absolute atomic E-state index is 0.888. The Morgan fingerprint density at radius 2 is 0.578 bits per heavy atom. The first-order chi connectivity index (χ1) is 31.7. The van der Waals surface area contributed by atoms with E-state index in [2.05, 4.69) is 254 Å². The SMILES string of the molecule is c1ccc(-c2ccc(-c3cc(-c4ccc(N(c5ccc(-c6ccccc6)cc5)c5ccc(-c6ccccc6)cc5)cc4)c4oc5c6ccccc6c6ccccc6c5c4c3)cc2)cc1. The maximum atomic E-state index is 7.13. The fourth-order valence-corrected chi connectivity index (χ4v) is 9.48. The highest BCUT2D eigenvalue weighted by Crippen LogP contribution is 2.46. The van der Waals surface area contributed by atoms with E-state index in [4.69, 9.17) is 4.42 Å². The van der Waals surface area contributed by atoms with Gasteiger partial charge in [-0.3, -0.25) is 0 Å². The van der Waals surface area contributed by atoms with Gasteiger partial charge in [-0.05, 0) is 115 Å². The zero-order valence-corrected chi connectivity index (χ0v) is 35.0. The van der Waals surface area contributed by atoms with Crippen molar-refractivity contribution in [2.75, 3.05) is 4.90 Å². The number of furan rings is 1. The van der Waals surface area contributed by atoms with E-state index < -0.39 is 0 Å². The first-order valence-electron chi connectivity index (χ1n) is 21.9. The zero-order valence-electron chi connectivity index (χ0n) is 35.0. The van der Waals surface area contributed by atoms with Gasteiger partial charge in [0.25, 0.3) is 0 Å². The first-order valence-corrected chi connectivity index (χ1v) is 21.9. The maximum absolute atomic E-state index is 7.13. The number of rotatable bonds is 8. The summed E-state index contributed by atoms with van der Waals surface area (Å²) in [4.78, 5) is 2.34. The Morgan fingerprint density at radius 1 is 0.234 bits per heavy atom. The van der Waals surface area contributed by atoms with Crippen molar-refractivity contribution in [3.05, 3.63) is 249 Å². The molecule has 12 rings (SSSR count). The summed E-state index contributed by atoms with van der Waals surface area (Å²) >= 11 is 0. The third kappa shape index (κ3) is 6.61. The molecule has 1 heterocycles. The molecule has 0 saturated heterocycles. The molecule has 2 heteroatoms. The van der Waals surface area contributed by atoms with Crippen LogP contribution in [0.4, 0.5) is 17.1 Å². The molecule has 300 valence electrons. The number of anilines is 3. The van der Waals surface area contributed by atoms with Gasteiger partial charge < -0.3 is 9.32 Å². The molecular formula is C62H41NO. The third-order valence-corrected chi connectivity index (χ3v) is 12.7. The van der Waals surface area contributed by atoms with E-state index in [1.54, 1.807) is 0 Å². The monoisotopic (exact) mass is 815 g/mol. The van der Waals surface area contributed by atoms with E-state index in [1.807, 2.05) is 0 Å². The van der Waals surface area contributed by atoms with Crippen LogP contribution in [0.15, 0.2) is 253 Å². The highest BCUT2D eigenvalue weighted by Gasteiger charge is 2.21. The molecule has 0 aliphatic rings. The van der Waals surface area contributed by atoms with Crippen LogP contribution in [0.3, 0.4) is 0 Å². The molecule has 0 atom stereocenters. The van der Waals surface area contributed by atoms with Gasteiger partial charge in [-0.25, -0.2) is 0 Å². The Balaban J connectivity index is 1.02. The summed E-state index contributed by atoms with van der Waals surface area (Å²) in [5.41, 5.74) is 16.6. The fraction of sp³-hybridized carbons (Fsp3) is 0. The van der Waals surface area contributed by atoms with E-state index in [1.165, 1.54) is 49.5 Å². The normalized spacial score (nSPS) is 11.4. The van der Waals surface area contributed by atoms with Gasteiger partial charge in [-0.1, -0.05) is 200 Å². The summed E-state index contributed by atoms with van der Waals surface area (Å²) < 4.78 is 7.13. The molecule has 0 aliphatic heterocycles. The second kappa shape index (κ2) is 15.8. The quantitative estimate of drug-likeness (QED) is 0.142. The van der Waals surface area contributed by atoms with Crippen LogP contribution in [-0.2, 0) is 0 Å². The molecular weight excluding hydrogens is 775 g/mol. The summed E-state index contributed by atoms with van der Waals surface area (Å²) in [7, 11) is 0. The molecule has 0 saturated carbocycles. The highest BCUT2D eigenvalue weighted by atomic mass is 16.3. The maximum Gasteiger partial charge on any atom is 0.143 e. The first kappa shape index (κ1) is 37.3. The van der Waals surface area contributed by atoms with Gasteiger partial charge in [-0.15, -0.1) is 0 Å². The topological polar surface area (TPSA) is 16.4 Å². The van der Waals surface area contributed by atoms with Gasteiger partial charge in [0.1, 0.15) is 11.2 Å². The molecule has 0 unspecified atom stereocenters. The smallest absolute Gasteiger partial charge is 0.143 e. The summed E-state index contributed by atoms with van der Waals surface area (Å²) in [6.45, 7) is 0. The lowest BCUT2D eigenvalue weighted by molar-refractivity contribution is 0.674. The van der Waals surface area contributed by atoms with Gasteiger partial charge in [0.15, 0.2) is 0 Å². The second-order valence-electron chi connectivity index (χ2n) is 16.4. The fourth-order valence-electron chi connectivity index (χ4n) is 9.48. The van der Waals surface area contributed by atoms with Crippen molar-refractivity contribution in [2.45, 2.75) is 0 Å². The van der Waals surface area contributed by atoms with Gasteiger partial charge in [-0.2, -0.15) is 0 Å². The Kier molecular flexibility index (Phi) is 9.20. The molecule has 0 bridgehead atoms. The van der Waals surface area contributed by atoms with Crippen LogP contribution >= 0.6 is 0 Å². The molecule has 0 N–H and O–H groups in total. The van der Waals surface area contributed by atoms with E-state index in [0.29, 0.717) is 0 Å². The average molecular weight is 816 g/mol. The minimum Gasteiger partial charge on any atom is -0.455 e. The number of nitrogens with zero attached hydrogens (tertiary/aromatic N) is 1. The van der Waals surface area contributed by atoms with E-state index >= 15 is 0 Å². The molecule has 0 spiro atoms. The lowest BCUT2D eigenvalue weighted by Gasteiger charge is -2.26. The largest absolute Gasteiger partial charge is 0.455 e. The van der Waals surface area contributed by atoms with Crippen LogP contribution < -0.4 is 4.90 Å².